The first-order valence-corrected chi connectivity index (χ1v) is 10.8. The van der Waals surface area contributed by atoms with Gasteiger partial charge in [0.2, 0.25) is 0 Å². The normalized spacial score (nSPS) is 14.3. The Labute approximate surface area is 159 Å². The zero-order valence-corrected chi connectivity index (χ0v) is 17.2. The van der Waals surface area contributed by atoms with Gasteiger partial charge in [-0.1, -0.05) is 12.1 Å². The molecule has 0 N–H and O–H groups in total. The van der Waals surface area contributed by atoms with Gasteiger partial charge in [0.05, 0.1) is 15.4 Å². The van der Waals surface area contributed by atoms with Gasteiger partial charge >= 0.3 is 0 Å². The third kappa shape index (κ3) is 4.68. The van der Waals surface area contributed by atoms with E-state index in [0.717, 1.165) is 10.6 Å². The van der Waals surface area contributed by atoms with Gasteiger partial charge in [-0.3, -0.25) is 14.1 Å². The monoisotopic (exact) mass is 389 g/mol. The molecule has 1 aromatic heterocycles. The second-order valence-corrected chi connectivity index (χ2v) is 9.55. The number of thiazole rings is 1. The summed E-state index contributed by atoms with van der Waals surface area (Å²) >= 11 is 1.45. The van der Waals surface area contributed by atoms with E-state index in [1.165, 1.54) is 18.3 Å². The first kappa shape index (κ1) is 20.1. The summed E-state index contributed by atoms with van der Waals surface area (Å²) in [5.74, 6) is -0.0227. The highest BCUT2D eigenvalue weighted by molar-refractivity contribution is 8.03. The Balaban J connectivity index is 2.31. The third-order valence-corrected chi connectivity index (χ3v) is 7.46. The van der Waals surface area contributed by atoms with Crippen LogP contribution in [0.5, 0.6) is 0 Å². The van der Waals surface area contributed by atoms with E-state index >= 15 is 0 Å². The van der Waals surface area contributed by atoms with Crippen LogP contribution >= 0.6 is 11.3 Å². The Kier molecular flexibility index (Phi) is 6.50. The molecule has 1 heterocycles. The summed E-state index contributed by atoms with van der Waals surface area (Å²) in [7, 11) is -0.620. The zero-order chi connectivity index (χ0) is 19.3. The van der Waals surface area contributed by atoms with Crippen molar-refractivity contribution in [2.24, 2.45) is 4.99 Å². The number of anilines is 1. The molecule has 0 bridgehead atoms. The molecule has 2 rings (SSSR count). The number of carbonyl (C=O) groups excluding carboxylic acids is 1. The summed E-state index contributed by atoms with van der Waals surface area (Å²) in [6.07, 6.45) is 7.01. The van der Waals surface area contributed by atoms with E-state index in [4.69, 9.17) is 0 Å². The van der Waals surface area contributed by atoms with Crippen molar-refractivity contribution < 1.29 is 9.00 Å². The average molecular weight is 390 g/mol. The van der Waals surface area contributed by atoms with Gasteiger partial charge in [-0.2, -0.15) is 0 Å². The fourth-order valence-electron chi connectivity index (χ4n) is 2.20. The van der Waals surface area contributed by atoms with Crippen LogP contribution < -0.4 is 4.31 Å². The van der Waals surface area contributed by atoms with Gasteiger partial charge in [0, 0.05) is 41.0 Å². The molecule has 1 atom stereocenters. The molecule has 1 aromatic carbocycles. The molecule has 0 radical (unpaired) electrons. The van der Waals surface area contributed by atoms with E-state index in [-0.39, 0.29) is 5.78 Å². The maximum absolute atomic E-state index is 13.1. The average Bonchev–Trinajstić information content (AvgIpc) is 3.13. The van der Waals surface area contributed by atoms with Crippen molar-refractivity contribution >= 4 is 48.2 Å². The predicted octanol–water partition coefficient (Wildman–Crippen LogP) is 4.15. The highest BCUT2D eigenvalue weighted by Gasteiger charge is 2.14. The SMILES string of the molecule is CC(=O)c1ccccc1N=C(C)/C=C\C(C)=S(C)(=O)N(C)c1nccs1. The van der Waals surface area contributed by atoms with Crippen molar-refractivity contribution in [3.63, 3.8) is 0 Å². The standard InChI is InChI=1S/C19H23N3O2S2/c1-14(21-18-9-7-6-8-17(18)16(3)23)10-11-15(2)26(5,24)22(4)19-20-12-13-25-19/h6-13H,1-5H3/b11-10-,21-14?. The van der Waals surface area contributed by atoms with Crippen LogP contribution in [-0.2, 0) is 9.71 Å². The Morgan fingerprint density at radius 3 is 2.54 bits per heavy atom. The highest BCUT2D eigenvalue weighted by Crippen LogP contribution is 2.20. The molecule has 0 amide bonds. The van der Waals surface area contributed by atoms with Crippen LogP contribution in [0.25, 0.3) is 0 Å². The number of para-hydroxylation sites is 1. The Bertz CT molecular complexity index is 966. The van der Waals surface area contributed by atoms with Crippen molar-refractivity contribution in [3.05, 3.63) is 53.6 Å². The highest BCUT2D eigenvalue weighted by atomic mass is 32.2. The summed E-state index contributed by atoms with van der Waals surface area (Å²) in [4.78, 5) is 21.1. The van der Waals surface area contributed by atoms with E-state index < -0.39 is 9.71 Å². The largest absolute Gasteiger partial charge is 0.294 e. The number of aromatic nitrogens is 1. The number of aliphatic imine (C=N–C) groups is 1. The number of rotatable bonds is 6. The molecule has 138 valence electrons. The second kappa shape index (κ2) is 8.42. The first-order valence-electron chi connectivity index (χ1n) is 8.03. The molecule has 0 aliphatic carbocycles. The number of carbonyl (C=O) groups is 1. The minimum absolute atomic E-state index is 0.0227. The van der Waals surface area contributed by atoms with Crippen LogP contribution in [-0.4, -0.2) is 38.9 Å². The molecular weight excluding hydrogens is 366 g/mol. The Morgan fingerprint density at radius 1 is 1.23 bits per heavy atom. The van der Waals surface area contributed by atoms with Gasteiger partial charge in [0.15, 0.2) is 10.9 Å². The maximum atomic E-state index is 13.1. The molecule has 0 spiro atoms. The predicted molar refractivity (Wildman–Crippen MR) is 114 cm³/mol. The van der Waals surface area contributed by atoms with E-state index in [0.29, 0.717) is 16.4 Å². The van der Waals surface area contributed by atoms with Crippen LogP contribution in [0.4, 0.5) is 10.8 Å². The van der Waals surface area contributed by atoms with Gasteiger partial charge in [-0.15, -0.1) is 11.3 Å². The van der Waals surface area contributed by atoms with Gasteiger partial charge in [0.1, 0.15) is 0 Å². The van der Waals surface area contributed by atoms with Crippen molar-refractivity contribution in [3.8, 4) is 0 Å². The number of nitrogens with zero attached hydrogens (tertiary/aromatic N) is 3. The Hall–Kier alpha value is -2.25. The minimum atomic E-state index is -2.40. The lowest BCUT2D eigenvalue weighted by Gasteiger charge is -2.20. The first-order chi connectivity index (χ1) is 12.2. The quantitative estimate of drug-likeness (QED) is 0.323. The van der Waals surface area contributed by atoms with E-state index in [1.807, 2.05) is 49.6 Å². The van der Waals surface area contributed by atoms with E-state index in [1.54, 1.807) is 29.9 Å². The van der Waals surface area contributed by atoms with E-state index in [9.17, 15) is 9.00 Å². The van der Waals surface area contributed by atoms with Crippen LogP contribution in [0.3, 0.4) is 0 Å². The van der Waals surface area contributed by atoms with Crippen LogP contribution in [0.2, 0.25) is 0 Å². The number of ketones is 1. The van der Waals surface area contributed by atoms with Crippen molar-refractivity contribution in [1.29, 1.82) is 0 Å². The van der Waals surface area contributed by atoms with Crippen molar-refractivity contribution in [2.75, 3.05) is 17.6 Å². The van der Waals surface area contributed by atoms with Crippen LogP contribution in [0, 0.1) is 0 Å². The molecule has 2 aromatic rings. The third-order valence-electron chi connectivity index (χ3n) is 3.95. The molecule has 0 aliphatic heterocycles. The van der Waals surface area contributed by atoms with Crippen molar-refractivity contribution in [2.45, 2.75) is 20.8 Å². The van der Waals surface area contributed by atoms with Crippen LogP contribution in [0.15, 0.2) is 53.0 Å². The van der Waals surface area contributed by atoms with Gasteiger partial charge in [-0.25, -0.2) is 9.19 Å². The molecule has 0 saturated carbocycles. The maximum Gasteiger partial charge on any atom is 0.196 e. The fraction of sp³-hybridized carbons (Fsp3) is 0.263. The van der Waals surface area contributed by atoms with Gasteiger partial charge < -0.3 is 0 Å². The van der Waals surface area contributed by atoms with Crippen molar-refractivity contribution in [1.82, 2.24) is 4.98 Å². The smallest absolute Gasteiger partial charge is 0.196 e. The zero-order valence-electron chi connectivity index (χ0n) is 15.6. The lowest BCUT2D eigenvalue weighted by molar-refractivity contribution is 0.101. The lowest BCUT2D eigenvalue weighted by Crippen LogP contribution is -2.29. The topological polar surface area (TPSA) is 62.6 Å². The van der Waals surface area contributed by atoms with E-state index in [2.05, 4.69) is 9.98 Å². The molecule has 0 saturated heterocycles. The molecular formula is C19H23N3O2S2. The van der Waals surface area contributed by atoms with Gasteiger partial charge in [0.25, 0.3) is 0 Å². The molecule has 0 aliphatic rings. The second-order valence-electron chi connectivity index (χ2n) is 5.89. The molecule has 26 heavy (non-hydrogen) atoms. The summed E-state index contributed by atoms with van der Waals surface area (Å²) in [6.45, 7) is 5.21. The minimum Gasteiger partial charge on any atom is -0.294 e. The Morgan fingerprint density at radius 2 is 1.92 bits per heavy atom. The molecule has 7 heteroatoms. The number of benzene rings is 1. The van der Waals surface area contributed by atoms with Crippen LogP contribution in [0.1, 0.15) is 31.1 Å². The summed E-state index contributed by atoms with van der Waals surface area (Å²) in [5, 5.41) is 2.57. The number of Topliss-reactive ketones (excluding diaryl/α,β-unsaturated/α-hetero) is 1. The summed E-state index contributed by atoms with van der Waals surface area (Å²) in [6, 6.07) is 7.24. The molecule has 5 nitrogen and oxygen atoms in total. The number of hydrogen-bond acceptors (Lipinski definition) is 5. The lowest BCUT2D eigenvalue weighted by atomic mass is 10.1. The summed E-state index contributed by atoms with van der Waals surface area (Å²) < 4.78 is 14.8. The summed E-state index contributed by atoms with van der Waals surface area (Å²) in [5.41, 5.74) is 1.95. The molecule has 0 fully saturated rings. The number of allylic oxidation sites excluding steroid dienone is 2. The molecule has 1 unspecified atom stereocenters. The van der Waals surface area contributed by atoms with Gasteiger partial charge in [-0.05, 0) is 45.1 Å². The fourth-order valence-corrected chi connectivity index (χ4v) is 4.36. The number of hydrogen-bond donors (Lipinski definition) is 0.